The van der Waals surface area contributed by atoms with E-state index in [-0.39, 0.29) is 17.4 Å². The number of rotatable bonds is 7. The van der Waals surface area contributed by atoms with Crippen LogP contribution in [0.2, 0.25) is 0 Å². The third-order valence-electron chi connectivity index (χ3n) is 5.28. The fraction of sp³-hybridized carbons (Fsp3) is 0.308. The number of hydrogen-bond acceptors (Lipinski definition) is 3. The molecule has 0 spiro atoms. The standard InChI is InChI=1S/C26H30N2O2/c1-6-7-23(19-12-14-27-15-13-19)28-25(29)24-11-10-22(30-24)17-20-16-21(26(3,4)5)9-8-18(20)2/h6,8-16,23H,1,7,17H2,2-5H3,(H,28,29). The summed E-state index contributed by atoms with van der Waals surface area (Å²) in [6.45, 7) is 12.5. The minimum absolute atomic E-state index is 0.0871. The summed E-state index contributed by atoms with van der Waals surface area (Å²) in [6.07, 6.45) is 6.52. The van der Waals surface area contributed by atoms with Crippen LogP contribution in [0.25, 0.3) is 0 Å². The zero-order valence-corrected chi connectivity index (χ0v) is 18.2. The first-order chi connectivity index (χ1) is 14.3. The van der Waals surface area contributed by atoms with Crippen LogP contribution in [-0.2, 0) is 11.8 Å². The van der Waals surface area contributed by atoms with E-state index in [2.05, 4.69) is 62.8 Å². The summed E-state index contributed by atoms with van der Waals surface area (Å²) in [5.41, 5.74) is 4.79. The maximum atomic E-state index is 12.8. The molecule has 1 atom stereocenters. The Hall–Kier alpha value is -3.14. The molecule has 156 valence electrons. The second kappa shape index (κ2) is 9.12. The SMILES string of the molecule is C=CCC(NC(=O)c1ccc(Cc2cc(C(C)(C)C)ccc2C)o1)c1ccncc1. The number of aromatic nitrogens is 1. The van der Waals surface area contributed by atoms with Crippen LogP contribution in [0.3, 0.4) is 0 Å². The second-order valence-electron chi connectivity index (χ2n) is 8.66. The maximum Gasteiger partial charge on any atom is 0.287 e. The zero-order chi connectivity index (χ0) is 21.7. The molecule has 0 aliphatic rings. The van der Waals surface area contributed by atoms with E-state index in [1.165, 1.54) is 16.7 Å². The van der Waals surface area contributed by atoms with Crippen LogP contribution < -0.4 is 5.32 Å². The minimum Gasteiger partial charge on any atom is -0.456 e. The molecule has 2 heterocycles. The van der Waals surface area contributed by atoms with Gasteiger partial charge in [0.2, 0.25) is 0 Å². The van der Waals surface area contributed by atoms with E-state index in [9.17, 15) is 4.79 Å². The van der Waals surface area contributed by atoms with Crippen LogP contribution in [0.4, 0.5) is 0 Å². The van der Waals surface area contributed by atoms with E-state index < -0.39 is 0 Å². The van der Waals surface area contributed by atoms with Gasteiger partial charge in [-0.2, -0.15) is 0 Å². The van der Waals surface area contributed by atoms with Crippen molar-refractivity contribution >= 4 is 5.91 Å². The summed E-state index contributed by atoms with van der Waals surface area (Å²) in [5.74, 6) is 0.862. The number of benzene rings is 1. The topological polar surface area (TPSA) is 55.1 Å². The third-order valence-corrected chi connectivity index (χ3v) is 5.28. The lowest BCUT2D eigenvalue weighted by Crippen LogP contribution is -2.28. The quantitative estimate of drug-likeness (QED) is 0.499. The van der Waals surface area contributed by atoms with E-state index in [0.717, 1.165) is 11.3 Å². The highest BCUT2D eigenvalue weighted by molar-refractivity contribution is 5.91. The number of carbonyl (C=O) groups is 1. The Morgan fingerprint density at radius 3 is 2.57 bits per heavy atom. The van der Waals surface area contributed by atoms with Crippen LogP contribution in [-0.4, -0.2) is 10.9 Å². The largest absolute Gasteiger partial charge is 0.456 e. The Bertz CT molecular complexity index is 1010. The number of nitrogens with zero attached hydrogens (tertiary/aromatic N) is 1. The van der Waals surface area contributed by atoms with Gasteiger partial charge in [-0.3, -0.25) is 9.78 Å². The van der Waals surface area contributed by atoms with Crippen molar-refractivity contribution in [1.29, 1.82) is 0 Å². The van der Waals surface area contributed by atoms with E-state index in [4.69, 9.17) is 4.42 Å². The number of hydrogen-bond donors (Lipinski definition) is 1. The third kappa shape index (κ3) is 5.26. The van der Waals surface area contributed by atoms with E-state index in [1.807, 2.05) is 18.2 Å². The molecule has 4 heteroatoms. The molecule has 0 saturated heterocycles. The molecule has 30 heavy (non-hydrogen) atoms. The van der Waals surface area contributed by atoms with Gasteiger partial charge in [-0.15, -0.1) is 6.58 Å². The highest BCUT2D eigenvalue weighted by Crippen LogP contribution is 2.26. The lowest BCUT2D eigenvalue weighted by Gasteiger charge is -2.20. The number of carbonyl (C=O) groups excluding carboxylic acids is 1. The van der Waals surface area contributed by atoms with Crippen molar-refractivity contribution in [1.82, 2.24) is 10.3 Å². The van der Waals surface area contributed by atoms with Gasteiger partial charge in [-0.05, 0) is 65.3 Å². The summed E-state index contributed by atoms with van der Waals surface area (Å²) in [5, 5.41) is 3.04. The van der Waals surface area contributed by atoms with E-state index in [0.29, 0.717) is 18.6 Å². The van der Waals surface area contributed by atoms with Crippen molar-refractivity contribution < 1.29 is 9.21 Å². The minimum atomic E-state index is -0.231. The Morgan fingerprint density at radius 2 is 1.90 bits per heavy atom. The predicted molar refractivity (Wildman–Crippen MR) is 121 cm³/mol. The Kier molecular flexibility index (Phi) is 6.56. The van der Waals surface area contributed by atoms with Crippen LogP contribution >= 0.6 is 0 Å². The van der Waals surface area contributed by atoms with Crippen molar-refractivity contribution in [2.45, 2.75) is 52.0 Å². The Morgan fingerprint density at radius 1 is 1.17 bits per heavy atom. The fourth-order valence-corrected chi connectivity index (χ4v) is 3.38. The normalized spacial score (nSPS) is 12.4. The van der Waals surface area contributed by atoms with Crippen molar-refractivity contribution in [2.75, 3.05) is 0 Å². The molecule has 0 aliphatic carbocycles. The summed E-state index contributed by atoms with van der Waals surface area (Å²) < 4.78 is 5.89. The van der Waals surface area contributed by atoms with Gasteiger partial charge in [0.25, 0.3) is 5.91 Å². The summed E-state index contributed by atoms with van der Waals surface area (Å²) >= 11 is 0. The predicted octanol–water partition coefficient (Wildman–Crippen LogP) is 5.92. The Labute approximate surface area is 179 Å². The Balaban J connectivity index is 1.74. The first kappa shape index (κ1) is 21.6. The number of amides is 1. The molecule has 0 bridgehead atoms. The highest BCUT2D eigenvalue weighted by Gasteiger charge is 2.19. The highest BCUT2D eigenvalue weighted by atomic mass is 16.3. The average molecular weight is 403 g/mol. The molecule has 3 aromatic rings. The number of furan rings is 1. The number of pyridine rings is 1. The zero-order valence-electron chi connectivity index (χ0n) is 18.2. The van der Waals surface area contributed by atoms with Crippen molar-refractivity contribution in [3.63, 3.8) is 0 Å². The number of aryl methyl sites for hydroxylation is 1. The summed E-state index contributed by atoms with van der Waals surface area (Å²) in [4.78, 5) is 16.8. The molecule has 3 rings (SSSR count). The van der Waals surface area contributed by atoms with Gasteiger partial charge in [0.05, 0.1) is 6.04 Å². The molecule has 4 nitrogen and oxygen atoms in total. The smallest absolute Gasteiger partial charge is 0.287 e. The van der Waals surface area contributed by atoms with Crippen LogP contribution in [0.1, 0.15) is 71.8 Å². The van der Waals surface area contributed by atoms with Crippen LogP contribution in [0.15, 0.2) is 71.9 Å². The second-order valence-corrected chi connectivity index (χ2v) is 8.66. The molecule has 0 fully saturated rings. The summed E-state index contributed by atoms with van der Waals surface area (Å²) in [7, 11) is 0. The molecule has 1 unspecified atom stereocenters. The molecule has 0 saturated carbocycles. The van der Waals surface area contributed by atoms with Gasteiger partial charge in [0, 0.05) is 18.8 Å². The molecule has 0 radical (unpaired) electrons. The van der Waals surface area contributed by atoms with Gasteiger partial charge in [-0.25, -0.2) is 0 Å². The van der Waals surface area contributed by atoms with Gasteiger partial charge in [-0.1, -0.05) is 45.0 Å². The van der Waals surface area contributed by atoms with Crippen molar-refractivity contribution in [2.24, 2.45) is 0 Å². The van der Waals surface area contributed by atoms with Gasteiger partial charge in [0.15, 0.2) is 5.76 Å². The lowest BCUT2D eigenvalue weighted by atomic mass is 9.85. The molecular weight excluding hydrogens is 372 g/mol. The first-order valence-corrected chi connectivity index (χ1v) is 10.3. The van der Waals surface area contributed by atoms with Crippen molar-refractivity contribution in [3.8, 4) is 0 Å². The monoisotopic (exact) mass is 402 g/mol. The molecule has 1 N–H and O–H groups in total. The molecule has 1 amide bonds. The molecule has 2 aromatic heterocycles. The van der Waals surface area contributed by atoms with Gasteiger partial charge >= 0.3 is 0 Å². The van der Waals surface area contributed by atoms with Crippen LogP contribution in [0, 0.1) is 6.92 Å². The van der Waals surface area contributed by atoms with E-state index in [1.54, 1.807) is 24.5 Å². The molecule has 0 aliphatic heterocycles. The molecular formula is C26H30N2O2. The average Bonchev–Trinajstić information content (AvgIpc) is 3.18. The maximum absolute atomic E-state index is 12.8. The van der Waals surface area contributed by atoms with Crippen molar-refractivity contribution in [3.05, 3.63) is 101 Å². The van der Waals surface area contributed by atoms with E-state index >= 15 is 0 Å². The molecule has 1 aromatic carbocycles. The lowest BCUT2D eigenvalue weighted by molar-refractivity contribution is 0.0907. The van der Waals surface area contributed by atoms with Gasteiger partial charge < -0.3 is 9.73 Å². The van der Waals surface area contributed by atoms with Gasteiger partial charge in [0.1, 0.15) is 5.76 Å². The fourth-order valence-electron chi connectivity index (χ4n) is 3.38. The number of nitrogens with one attached hydrogen (secondary N) is 1. The first-order valence-electron chi connectivity index (χ1n) is 10.3. The van der Waals surface area contributed by atoms with Crippen LogP contribution in [0.5, 0.6) is 0 Å². The summed E-state index contributed by atoms with van der Waals surface area (Å²) in [6, 6.07) is 13.8.